The lowest BCUT2D eigenvalue weighted by molar-refractivity contribution is 0.788. The minimum Gasteiger partial charge on any atom is -0.337 e. The van der Waals surface area contributed by atoms with Crippen molar-refractivity contribution in [2.45, 2.75) is 19.9 Å². The van der Waals surface area contributed by atoms with E-state index in [-0.39, 0.29) is 6.04 Å². The number of aromatic nitrogens is 2. The standard InChI is InChI=1S/C18H17ClN4/c1-12(2)23(14-9-7-13(11-20)8-10-14)16-6-4-5-15-17(16)22(3)18(19)21-15/h4-10,12H,1-3H3. The van der Waals surface area contributed by atoms with Crippen molar-refractivity contribution in [2.75, 3.05) is 4.90 Å². The van der Waals surface area contributed by atoms with Crippen LogP contribution in [0.3, 0.4) is 0 Å². The highest BCUT2D eigenvalue weighted by Gasteiger charge is 2.19. The molecule has 3 rings (SSSR count). The van der Waals surface area contributed by atoms with Gasteiger partial charge >= 0.3 is 0 Å². The second kappa shape index (κ2) is 5.94. The van der Waals surface area contributed by atoms with Gasteiger partial charge in [0.2, 0.25) is 5.28 Å². The number of rotatable bonds is 3. The number of nitriles is 1. The first kappa shape index (κ1) is 15.4. The lowest BCUT2D eigenvalue weighted by atomic mass is 10.1. The molecule has 0 N–H and O–H groups in total. The second-order valence-corrected chi connectivity index (χ2v) is 6.05. The summed E-state index contributed by atoms with van der Waals surface area (Å²) < 4.78 is 1.89. The number of hydrogen-bond acceptors (Lipinski definition) is 3. The molecule has 0 aliphatic rings. The molecule has 2 aromatic carbocycles. The highest BCUT2D eigenvalue weighted by molar-refractivity contribution is 6.29. The summed E-state index contributed by atoms with van der Waals surface area (Å²) >= 11 is 6.19. The first-order valence-corrected chi connectivity index (χ1v) is 7.81. The molecule has 0 aliphatic carbocycles. The van der Waals surface area contributed by atoms with E-state index >= 15 is 0 Å². The van der Waals surface area contributed by atoms with Crippen LogP contribution < -0.4 is 4.90 Å². The molecule has 0 bridgehead atoms. The molecular weight excluding hydrogens is 308 g/mol. The number of imidazole rings is 1. The van der Waals surface area contributed by atoms with Gasteiger partial charge in [0.15, 0.2) is 0 Å². The zero-order chi connectivity index (χ0) is 16.6. The zero-order valence-electron chi connectivity index (χ0n) is 13.3. The van der Waals surface area contributed by atoms with E-state index in [1.807, 2.05) is 48.0 Å². The average Bonchev–Trinajstić information content (AvgIpc) is 2.83. The molecule has 1 heterocycles. The Hall–Kier alpha value is -2.51. The highest BCUT2D eigenvalue weighted by Crippen LogP contribution is 2.35. The van der Waals surface area contributed by atoms with Gasteiger partial charge in [-0.3, -0.25) is 0 Å². The third kappa shape index (κ3) is 2.64. The number of hydrogen-bond donors (Lipinski definition) is 0. The topological polar surface area (TPSA) is 44.9 Å². The summed E-state index contributed by atoms with van der Waals surface area (Å²) in [4.78, 5) is 6.62. The maximum absolute atomic E-state index is 8.98. The van der Waals surface area contributed by atoms with Crippen LogP contribution in [0.4, 0.5) is 11.4 Å². The molecule has 0 spiro atoms. The van der Waals surface area contributed by atoms with Crippen LogP contribution in [0.15, 0.2) is 42.5 Å². The molecule has 0 radical (unpaired) electrons. The fourth-order valence-corrected chi connectivity index (χ4v) is 3.00. The van der Waals surface area contributed by atoms with Gasteiger partial charge in [0, 0.05) is 18.8 Å². The number of aryl methyl sites for hydroxylation is 1. The van der Waals surface area contributed by atoms with Crippen LogP contribution in [-0.4, -0.2) is 15.6 Å². The molecule has 0 atom stereocenters. The van der Waals surface area contributed by atoms with Crippen LogP contribution in [0, 0.1) is 11.3 Å². The smallest absolute Gasteiger partial charge is 0.203 e. The molecule has 4 nitrogen and oxygen atoms in total. The Morgan fingerprint density at radius 2 is 1.87 bits per heavy atom. The van der Waals surface area contributed by atoms with Crippen LogP contribution in [0.25, 0.3) is 11.0 Å². The van der Waals surface area contributed by atoms with Crippen molar-refractivity contribution in [1.82, 2.24) is 9.55 Å². The fourth-order valence-electron chi connectivity index (χ4n) is 2.83. The fraction of sp³-hybridized carbons (Fsp3) is 0.222. The number of para-hydroxylation sites is 1. The molecule has 3 aromatic rings. The van der Waals surface area contributed by atoms with E-state index in [2.05, 4.69) is 35.9 Å². The van der Waals surface area contributed by atoms with Gasteiger partial charge in [-0.2, -0.15) is 5.26 Å². The normalized spacial score (nSPS) is 11.0. The summed E-state index contributed by atoms with van der Waals surface area (Å²) in [5, 5.41) is 9.45. The first-order valence-electron chi connectivity index (χ1n) is 7.43. The summed E-state index contributed by atoms with van der Waals surface area (Å²) in [6.07, 6.45) is 0. The zero-order valence-corrected chi connectivity index (χ0v) is 14.0. The minimum atomic E-state index is 0.238. The Morgan fingerprint density at radius 1 is 1.17 bits per heavy atom. The molecule has 0 saturated carbocycles. The highest BCUT2D eigenvalue weighted by atomic mass is 35.5. The van der Waals surface area contributed by atoms with Crippen LogP contribution in [0.1, 0.15) is 19.4 Å². The van der Waals surface area contributed by atoms with E-state index in [9.17, 15) is 0 Å². The van der Waals surface area contributed by atoms with E-state index in [1.165, 1.54) is 0 Å². The van der Waals surface area contributed by atoms with E-state index in [0.29, 0.717) is 10.8 Å². The van der Waals surface area contributed by atoms with Gasteiger partial charge in [-0.25, -0.2) is 4.98 Å². The molecule has 0 aliphatic heterocycles. The van der Waals surface area contributed by atoms with Gasteiger partial charge in [-0.05, 0) is 61.8 Å². The number of nitrogens with zero attached hydrogens (tertiary/aromatic N) is 4. The van der Waals surface area contributed by atoms with Gasteiger partial charge in [0.25, 0.3) is 0 Å². The Morgan fingerprint density at radius 3 is 2.48 bits per heavy atom. The third-order valence-corrected chi connectivity index (χ3v) is 4.21. The largest absolute Gasteiger partial charge is 0.337 e. The van der Waals surface area contributed by atoms with Crippen LogP contribution in [0.5, 0.6) is 0 Å². The molecule has 0 amide bonds. The lowest BCUT2D eigenvalue weighted by Crippen LogP contribution is -2.25. The van der Waals surface area contributed by atoms with Crippen molar-refractivity contribution in [2.24, 2.45) is 7.05 Å². The van der Waals surface area contributed by atoms with Crippen molar-refractivity contribution < 1.29 is 0 Å². The van der Waals surface area contributed by atoms with Crippen LogP contribution >= 0.6 is 11.6 Å². The predicted molar refractivity (Wildman–Crippen MR) is 94.2 cm³/mol. The Bertz CT molecular complexity index is 888. The monoisotopic (exact) mass is 324 g/mol. The SMILES string of the molecule is CC(C)N(c1ccc(C#N)cc1)c1cccc2nc(Cl)n(C)c12. The number of anilines is 2. The van der Waals surface area contributed by atoms with Gasteiger partial charge in [-0.15, -0.1) is 0 Å². The number of fused-ring (bicyclic) bond motifs is 1. The summed E-state index contributed by atoms with van der Waals surface area (Å²) in [7, 11) is 1.92. The second-order valence-electron chi connectivity index (χ2n) is 5.71. The summed E-state index contributed by atoms with van der Waals surface area (Å²) in [6.45, 7) is 4.27. The van der Waals surface area contributed by atoms with Crippen molar-refractivity contribution >= 4 is 34.0 Å². The van der Waals surface area contributed by atoms with Gasteiger partial charge < -0.3 is 9.47 Å². The molecule has 0 unspecified atom stereocenters. The van der Waals surface area contributed by atoms with Gasteiger partial charge in [-0.1, -0.05) is 6.07 Å². The van der Waals surface area contributed by atoms with Crippen molar-refractivity contribution in [1.29, 1.82) is 5.26 Å². The molecule has 116 valence electrons. The number of halogens is 1. The Kier molecular flexibility index (Phi) is 3.97. The molecule has 5 heteroatoms. The third-order valence-electron chi connectivity index (χ3n) is 3.87. The minimum absolute atomic E-state index is 0.238. The summed E-state index contributed by atoms with van der Waals surface area (Å²) in [6, 6.07) is 16.0. The molecule has 0 fully saturated rings. The van der Waals surface area contributed by atoms with Gasteiger partial charge in [0.1, 0.15) is 0 Å². The van der Waals surface area contributed by atoms with E-state index in [0.717, 1.165) is 22.4 Å². The average molecular weight is 325 g/mol. The number of benzene rings is 2. The molecule has 0 saturated heterocycles. The molecular formula is C18H17ClN4. The van der Waals surface area contributed by atoms with Gasteiger partial charge in [0.05, 0.1) is 28.4 Å². The summed E-state index contributed by atoms with van der Waals surface area (Å²) in [5.41, 5.74) is 4.59. The van der Waals surface area contributed by atoms with E-state index in [4.69, 9.17) is 16.9 Å². The molecule has 1 aromatic heterocycles. The van der Waals surface area contributed by atoms with Crippen LogP contribution in [0.2, 0.25) is 5.28 Å². The van der Waals surface area contributed by atoms with Crippen molar-refractivity contribution in [3.63, 3.8) is 0 Å². The Labute approximate surface area is 140 Å². The maximum atomic E-state index is 8.98. The lowest BCUT2D eigenvalue weighted by Gasteiger charge is -2.30. The van der Waals surface area contributed by atoms with Crippen molar-refractivity contribution in [3.8, 4) is 6.07 Å². The Balaban J connectivity index is 2.21. The first-order chi connectivity index (χ1) is 11.0. The van der Waals surface area contributed by atoms with Crippen LogP contribution in [-0.2, 0) is 7.05 Å². The van der Waals surface area contributed by atoms with E-state index in [1.54, 1.807) is 0 Å². The predicted octanol–water partition coefficient (Wildman–Crippen LogP) is 4.64. The maximum Gasteiger partial charge on any atom is 0.203 e. The van der Waals surface area contributed by atoms with E-state index < -0.39 is 0 Å². The molecule has 23 heavy (non-hydrogen) atoms. The quantitative estimate of drug-likeness (QED) is 0.704. The van der Waals surface area contributed by atoms with Crippen molar-refractivity contribution in [3.05, 3.63) is 53.3 Å². The summed E-state index contributed by atoms with van der Waals surface area (Å²) in [5.74, 6) is 0.